The third kappa shape index (κ3) is 3.91. The summed E-state index contributed by atoms with van der Waals surface area (Å²) in [7, 11) is 0. The van der Waals surface area contributed by atoms with E-state index in [1.807, 2.05) is 30.3 Å². The highest BCUT2D eigenvalue weighted by atomic mass is 35.5. The highest BCUT2D eigenvalue weighted by molar-refractivity contribution is 6.35. The van der Waals surface area contributed by atoms with E-state index in [2.05, 4.69) is 19.2 Å². The minimum Gasteiger partial charge on any atom is -0.508 e. The van der Waals surface area contributed by atoms with Crippen molar-refractivity contribution in [3.05, 3.63) is 63.6 Å². The van der Waals surface area contributed by atoms with Crippen LogP contribution in [0.3, 0.4) is 0 Å². The van der Waals surface area contributed by atoms with Gasteiger partial charge in [0.2, 0.25) is 0 Å². The Morgan fingerprint density at radius 2 is 1.81 bits per heavy atom. The molecule has 0 aliphatic rings. The molecule has 0 saturated carbocycles. The van der Waals surface area contributed by atoms with Gasteiger partial charge >= 0.3 is 0 Å². The van der Waals surface area contributed by atoms with E-state index >= 15 is 0 Å². The number of phenols is 1. The summed E-state index contributed by atoms with van der Waals surface area (Å²) in [5, 5.41) is 14.8. The maximum atomic E-state index is 10.0. The maximum Gasteiger partial charge on any atom is 0.120 e. The molecule has 0 fully saturated rings. The average Bonchev–Trinajstić information content (AvgIpc) is 2.45. The molecule has 2 unspecified atom stereocenters. The molecule has 2 N–H and O–H groups in total. The summed E-state index contributed by atoms with van der Waals surface area (Å²) in [5.74, 6) is 0.311. The molecule has 0 amide bonds. The van der Waals surface area contributed by atoms with Gasteiger partial charge in [0.1, 0.15) is 5.75 Å². The Balaban J connectivity index is 2.20. The lowest BCUT2D eigenvalue weighted by Crippen LogP contribution is -2.24. The van der Waals surface area contributed by atoms with Crippen LogP contribution in [0.5, 0.6) is 5.75 Å². The van der Waals surface area contributed by atoms with Gasteiger partial charge in [0.15, 0.2) is 0 Å². The maximum absolute atomic E-state index is 10.0. The standard InChI is InChI=1S/C17H19Cl2NO/c1-3-16(14-6-4-5-7-17(14)21)20-11(2)13-9-8-12(18)10-15(13)19/h4-11,16,20-21H,3H2,1-2H3. The van der Waals surface area contributed by atoms with E-state index in [9.17, 15) is 5.11 Å². The summed E-state index contributed by atoms with van der Waals surface area (Å²) < 4.78 is 0. The first-order valence-electron chi connectivity index (χ1n) is 7.01. The van der Waals surface area contributed by atoms with Crippen LogP contribution < -0.4 is 5.32 Å². The second-order valence-corrected chi connectivity index (χ2v) is 5.92. The topological polar surface area (TPSA) is 32.3 Å². The zero-order valence-electron chi connectivity index (χ0n) is 12.1. The van der Waals surface area contributed by atoms with E-state index in [0.717, 1.165) is 17.5 Å². The monoisotopic (exact) mass is 323 g/mol. The smallest absolute Gasteiger partial charge is 0.120 e. The first-order chi connectivity index (χ1) is 10.0. The molecule has 0 saturated heterocycles. The van der Waals surface area contributed by atoms with Crippen molar-refractivity contribution < 1.29 is 5.11 Å². The van der Waals surface area contributed by atoms with Crippen LogP contribution in [-0.2, 0) is 0 Å². The molecule has 0 radical (unpaired) electrons. The fourth-order valence-electron chi connectivity index (χ4n) is 2.45. The van der Waals surface area contributed by atoms with Crippen LogP contribution >= 0.6 is 23.2 Å². The Morgan fingerprint density at radius 3 is 2.43 bits per heavy atom. The molecule has 21 heavy (non-hydrogen) atoms. The van der Waals surface area contributed by atoms with E-state index in [-0.39, 0.29) is 12.1 Å². The minimum atomic E-state index is 0.0549. The molecule has 4 heteroatoms. The number of aromatic hydroxyl groups is 1. The molecule has 0 heterocycles. The van der Waals surface area contributed by atoms with Crippen molar-refractivity contribution in [1.29, 1.82) is 0 Å². The van der Waals surface area contributed by atoms with Crippen molar-refractivity contribution >= 4 is 23.2 Å². The Kier molecular flexibility index (Phi) is 5.51. The van der Waals surface area contributed by atoms with Gasteiger partial charge in [-0.3, -0.25) is 0 Å². The van der Waals surface area contributed by atoms with Crippen molar-refractivity contribution in [2.24, 2.45) is 0 Å². The molecule has 112 valence electrons. The van der Waals surface area contributed by atoms with Crippen molar-refractivity contribution in [3.63, 3.8) is 0 Å². The summed E-state index contributed by atoms with van der Waals surface area (Å²) in [6.45, 7) is 4.14. The van der Waals surface area contributed by atoms with E-state index in [0.29, 0.717) is 15.8 Å². The predicted octanol–water partition coefficient (Wildman–Crippen LogP) is 5.50. The van der Waals surface area contributed by atoms with Crippen LogP contribution in [0.4, 0.5) is 0 Å². The number of benzene rings is 2. The lowest BCUT2D eigenvalue weighted by Gasteiger charge is -2.24. The summed E-state index contributed by atoms with van der Waals surface area (Å²) in [4.78, 5) is 0. The third-order valence-electron chi connectivity index (χ3n) is 3.60. The largest absolute Gasteiger partial charge is 0.508 e. The lowest BCUT2D eigenvalue weighted by atomic mass is 10.0. The van der Waals surface area contributed by atoms with Gasteiger partial charge in [0, 0.05) is 27.7 Å². The fraction of sp³-hybridized carbons (Fsp3) is 0.294. The number of para-hydroxylation sites is 1. The highest BCUT2D eigenvalue weighted by Crippen LogP contribution is 2.31. The summed E-state index contributed by atoms with van der Waals surface area (Å²) in [6, 6.07) is 13.0. The van der Waals surface area contributed by atoms with Crippen molar-refractivity contribution in [2.75, 3.05) is 0 Å². The molecule has 0 aliphatic heterocycles. The van der Waals surface area contributed by atoms with Gasteiger partial charge in [-0.05, 0) is 37.1 Å². The van der Waals surface area contributed by atoms with Crippen LogP contribution in [0, 0.1) is 0 Å². The normalized spacial score (nSPS) is 13.9. The summed E-state index contributed by atoms with van der Waals surface area (Å²) >= 11 is 12.2. The van der Waals surface area contributed by atoms with Crippen LogP contribution in [0.2, 0.25) is 10.0 Å². The van der Waals surface area contributed by atoms with E-state index < -0.39 is 0 Å². The van der Waals surface area contributed by atoms with Crippen LogP contribution in [-0.4, -0.2) is 5.11 Å². The molecule has 0 aliphatic carbocycles. The molecule has 2 rings (SSSR count). The van der Waals surface area contributed by atoms with Crippen LogP contribution in [0.15, 0.2) is 42.5 Å². The van der Waals surface area contributed by atoms with Crippen LogP contribution in [0.25, 0.3) is 0 Å². The predicted molar refractivity (Wildman–Crippen MR) is 89.2 cm³/mol. The third-order valence-corrected chi connectivity index (χ3v) is 4.16. The van der Waals surface area contributed by atoms with Gasteiger partial charge in [-0.1, -0.05) is 54.4 Å². The number of hydrogen-bond donors (Lipinski definition) is 2. The highest BCUT2D eigenvalue weighted by Gasteiger charge is 2.18. The zero-order valence-corrected chi connectivity index (χ0v) is 13.6. The van der Waals surface area contributed by atoms with E-state index in [1.165, 1.54) is 0 Å². The number of hydrogen-bond acceptors (Lipinski definition) is 2. The number of nitrogens with one attached hydrogen (secondary N) is 1. The van der Waals surface area contributed by atoms with Gasteiger partial charge in [0.25, 0.3) is 0 Å². The molecule has 0 aromatic heterocycles. The zero-order chi connectivity index (χ0) is 15.4. The van der Waals surface area contributed by atoms with Crippen molar-refractivity contribution in [3.8, 4) is 5.75 Å². The van der Waals surface area contributed by atoms with E-state index in [4.69, 9.17) is 23.2 Å². The van der Waals surface area contributed by atoms with Gasteiger partial charge in [-0.25, -0.2) is 0 Å². The van der Waals surface area contributed by atoms with Gasteiger partial charge < -0.3 is 10.4 Å². The summed E-state index contributed by atoms with van der Waals surface area (Å²) in [5.41, 5.74) is 1.90. The Bertz CT molecular complexity index is 615. The minimum absolute atomic E-state index is 0.0549. The number of halogens is 2. The molecule has 2 aromatic rings. The second-order valence-electron chi connectivity index (χ2n) is 5.07. The number of rotatable bonds is 5. The summed E-state index contributed by atoms with van der Waals surface area (Å²) in [6.07, 6.45) is 0.868. The second kappa shape index (κ2) is 7.17. The molecule has 2 atom stereocenters. The van der Waals surface area contributed by atoms with Gasteiger partial charge in [0.05, 0.1) is 0 Å². The first-order valence-corrected chi connectivity index (χ1v) is 7.77. The van der Waals surface area contributed by atoms with Crippen LogP contribution in [0.1, 0.15) is 43.5 Å². The molecular formula is C17H19Cl2NO. The molecule has 0 spiro atoms. The Morgan fingerprint density at radius 1 is 1.10 bits per heavy atom. The molecule has 0 bridgehead atoms. The first kappa shape index (κ1) is 16.2. The Hall–Kier alpha value is -1.22. The van der Waals surface area contributed by atoms with Gasteiger partial charge in [-0.15, -0.1) is 0 Å². The average molecular weight is 324 g/mol. The van der Waals surface area contributed by atoms with Crippen molar-refractivity contribution in [1.82, 2.24) is 5.32 Å². The van der Waals surface area contributed by atoms with Crippen molar-refractivity contribution in [2.45, 2.75) is 32.4 Å². The number of phenolic OH excluding ortho intramolecular Hbond substituents is 1. The van der Waals surface area contributed by atoms with Gasteiger partial charge in [-0.2, -0.15) is 0 Å². The van der Waals surface area contributed by atoms with E-state index in [1.54, 1.807) is 12.1 Å². The SMILES string of the molecule is CCC(NC(C)c1ccc(Cl)cc1Cl)c1ccccc1O. The molecule has 2 nitrogen and oxygen atoms in total. The Labute approximate surface area is 135 Å². The quantitative estimate of drug-likeness (QED) is 0.761. The lowest BCUT2D eigenvalue weighted by molar-refractivity contribution is 0.419. The molecule has 2 aromatic carbocycles. The fourth-order valence-corrected chi connectivity index (χ4v) is 3.03. The molecular weight excluding hydrogens is 305 g/mol.